The van der Waals surface area contributed by atoms with Crippen LogP contribution in [0.1, 0.15) is 46.7 Å². The second kappa shape index (κ2) is 8.93. The number of thiophene rings is 1. The van der Waals surface area contributed by atoms with Gasteiger partial charge in [-0.3, -0.25) is 9.69 Å². The number of rotatable bonds is 6. The van der Waals surface area contributed by atoms with Crippen molar-refractivity contribution in [1.29, 1.82) is 0 Å². The van der Waals surface area contributed by atoms with E-state index in [1.165, 1.54) is 23.3 Å². The van der Waals surface area contributed by atoms with E-state index in [2.05, 4.69) is 39.8 Å². The van der Waals surface area contributed by atoms with E-state index < -0.39 is 0 Å². The zero-order valence-electron chi connectivity index (χ0n) is 16.9. The molecular weight excluding hydrogens is 382 g/mol. The summed E-state index contributed by atoms with van der Waals surface area (Å²) in [4.78, 5) is 16.5. The van der Waals surface area contributed by atoms with Gasteiger partial charge in [0, 0.05) is 23.1 Å². The van der Waals surface area contributed by atoms with Gasteiger partial charge in [0.1, 0.15) is 0 Å². The van der Waals surface area contributed by atoms with E-state index in [1.807, 2.05) is 31.2 Å². The Kier molecular flexibility index (Phi) is 6.11. The van der Waals surface area contributed by atoms with Gasteiger partial charge in [0.05, 0.1) is 6.04 Å². The Balaban J connectivity index is 1.42. The van der Waals surface area contributed by atoms with Crippen LogP contribution < -0.4 is 5.32 Å². The van der Waals surface area contributed by atoms with Gasteiger partial charge in [0.15, 0.2) is 11.5 Å². The number of aryl methyl sites for hydroxylation is 1. The van der Waals surface area contributed by atoms with E-state index in [9.17, 15) is 4.79 Å². The number of aromatic nitrogens is 1. The summed E-state index contributed by atoms with van der Waals surface area (Å²) in [5.74, 6) is 1.19. The lowest BCUT2D eigenvalue weighted by molar-refractivity contribution is 0.0906. The third-order valence-corrected chi connectivity index (χ3v) is 6.64. The summed E-state index contributed by atoms with van der Waals surface area (Å²) >= 11 is 1.75. The second-order valence-corrected chi connectivity index (χ2v) is 8.88. The van der Waals surface area contributed by atoms with Crippen LogP contribution in [0.4, 0.5) is 0 Å². The first kappa shape index (κ1) is 19.9. The van der Waals surface area contributed by atoms with Gasteiger partial charge in [0.2, 0.25) is 0 Å². The molecule has 1 aliphatic heterocycles. The second-order valence-electron chi connectivity index (χ2n) is 7.90. The van der Waals surface area contributed by atoms with Crippen molar-refractivity contribution in [1.82, 2.24) is 15.4 Å². The number of carbonyl (C=O) groups is 1. The van der Waals surface area contributed by atoms with E-state index in [-0.39, 0.29) is 11.9 Å². The van der Waals surface area contributed by atoms with Crippen LogP contribution in [-0.2, 0) is 0 Å². The Labute approximate surface area is 175 Å². The molecule has 0 saturated carbocycles. The standard InChI is InChI=1S/C23H27N3O2S/c1-16-5-7-18(8-6-16)21-14-19(25-28-21)23(27)24-15-20(22-4-3-13-29-22)26-11-9-17(2)10-12-26/h3-8,13-14,17,20H,9-12,15H2,1-2H3,(H,24,27)/t20-/m1/s1. The molecule has 5 nitrogen and oxygen atoms in total. The summed E-state index contributed by atoms with van der Waals surface area (Å²) in [6.07, 6.45) is 2.41. The Morgan fingerprint density at radius 1 is 1.28 bits per heavy atom. The number of amides is 1. The van der Waals surface area contributed by atoms with Gasteiger partial charge in [-0.25, -0.2) is 0 Å². The first-order valence-electron chi connectivity index (χ1n) is 10.2. The van der Waals surface area contributed by atoms with Gasteiger partial charge in [-0.05, 0) is 50.2 Å². The number of benzene rings is 1. The van der Waals surface area contributed by atoms with E-state index in [0.29, 0.717) is 18.0 Å². The number of nitrogens with zero attached hydrogens (tertiary/aromatic N) is 2. The van der Waals surface area contributed by atoms with Crippen molar-refractivity contribution in [2.24, 2.45) is 5.92 Å². The molecule has 0 aliphatic carbocycles. The molecule has 0 unspecified atom stereocenters. The summed E-state index contributed by atoms with van der Waals surface area (Å²) in [7, 11) is 0. The molecule has 29 heavy (non-hydrogen) atoms. The molecule has 6 heteroatoms. The van der Waals surface area contributed by atoms with Crippen LogP contribution >= 0.6 is 11.3 Å². The maximum Gasteiger partial charge on any atom is 0.273 e. The smallest absolute Gasteiger partial charge is 0.273 e. The SMILES string of the molecule is Cc1ccc(-c2cc(C(=O)NC[C@H](c3cccs3)N3CCC(C)CC3)no2)cc1. The summed E-state index contributed by atoms with van der Waals surface area (Å²) in [5, 5.41) is 9.15. The molecule has 3 heterocycles. The molecule has 2 aromatic heterocycles. The average molecular weight is 410 g/mol. The predicted octanol–water partition coefficient (Wildman–Crippen LogP) is 4.91. The molecule has 1 saturated heterocycles. The summed E-state index contributed by atoms with van der Waals surface area (Å²) in [6, 6.07) is 14.1. The van der Waals surface area contributed by atoms with Crippen molar-refractivity contribution >= 4 is 17.2 Å². The number of hydrogen-bond acceptors (Lipinski definition) is 5. The van der Waals surface area contributed by atoms with Gasteiger partial charge in [-0.2, -0.15) is 0 Å². The Bertz CT molecular complexity index is 925. The molecule has 0 spiro atoms. The highest BCUT2D eigenvalue weighted by Crippen LogP contribution is 2.29. The summed E-state index contributed by atoms with van der Waals surface area (Å²) in [6.45, 7) is 7.06. The number of nitrogens with one attached hydrogen (secondary N) is 1. The van der Waals surface area contributed by atoms with Crippen molar-refractivity contribution in [2.75, 3.05) is 19.6 Å². The molecule has 1 N–H and O–H groups in total. The van der Waals surface area contributed by atoms with E-state index >= 15 is 0 Å². The fraction of sp³-hybridized carbons (Fsp3) is 0.391. The highest BCUT2D eigenvalue weighted by molar-refractivity contribution is 7.10. The minimum Gasteiger partial charge on any atom is -0.355 e. The zero-order chi connectivity index (χ0) is 20.2. The number of hydrogen-bond donors (Lipinski definition) is 1. The topological polar surface area (TPSA) is 58.4 Å². The third kappa shape index (κ3) is 4.77. The Hall–Kier alpha value is -2.44. The van der Waals surface area contributed by atoms with Crippen molar-refractivity contribution in [3.8, 4) is 11.3 Å². The molecule has 4 rings (SSSR count). The highest BCUT2D eigenvalue weighted by atomic mass is 32.1. The fourth-order valence-corrected chi connectivity index (χ4v) is 4.61. The van der Waals surface area contributed by atoms with Crippen molar-refractivity contribution < 1.29 is 9.32 Å². The van der Waals surface area contributed by atoms with Crippen molar-refractivity contribution in [3.63, 3.8) is 0 Å². The molecule has 1 amide bonds. The quantitative estimate of drug-likeness (QED) is 0.628. The number of piperidine rings is 1. The summed E-state index contributed by atoms with van der Waals surface area (Å²) < 4.78 is 5.40. The lowest BCUT2D eigenvalue weighted by atomic mass is 9.97. The first-order valence-corrected chi connectivity index (χ1v) is 11.1. The van der Waals surface area contributed by atoms with Gasteiger partial charge in [-0.1, -0.05) is 48.0 Å². The summed E-state index contributed by atoms with van der Waals surface area (Å²) in [5.41, 5.74) is 2.41. The van der Waals surface area contributed by atoms with Crippen molar-refractivity contribution in [3.05, 3.63) is 64.0 Å². The van der Waals surface area contributed by atoms with Gasteiger partial charge in [0.25, 0.3) is 5.91 Å². The third-order valence-electron chi connectivity index (χ3n) is 5.67. The van der Waals surface area contributed by atoms with Crippen LogP contribution in [0.3, 0.4) is 0 Å². The molecule has 1 aliphatic rings. The van der Waals surface area contributed by atoms with Crippen LogP contribution in [0.5, 0.6) is 0 Å². The minimum atomic E-state index is -0.195. The first-order chi connectivity index (χ1) is 14.1. The monoisotopic (exact) mass is 409 g/mol. The van der Waals surface area contributed by atoms with Gasteiger partial charge in [-0.15, -0.1) is 11.3 Å². The fourth-order valence-electron chi connectivity index (χ4n) is 3.75. The maximum atomic E-state index is 12.7. The maximum absolute atomic E-state index is 12.7. The molecule has 0 radical (unpaired) electrons. The Morgan fingerprint density at radius 3 is 2.72 bits per heavy atom. The van der Waals surface area contributed by atoms with Crippen molar-refractivity contribution in [2.45, 2.75) is 32.7 Å². The van der Waals surface area contributed by atoms with Gasteiger partial charge < -0.3 is 9.84 Å². The molecule has 1 fully saturated rings. The predicted molar refractivity (Wildman–Crippen MR) is 116 cm³/mol. The minimum absolute atomic E-state index is 0.195. The van der Waals surface area contributed by atoms with E-state index in [4.69, 9.17) is 4.52 Å². The Morgan fingerprint density at radius 2 is 2.03 bits per heavy atom. The van der Waals surface area contributed by atoms with Crippen LogP contribution in [0.25, 0.3) is 11.3 Å². The zero-order valence-corrected chi connectivity index (χ0v) is 17.7. The number of likely N-dealkylation sites (tertiary alicyclic amines) is 1. The molecule has 0 bridgehead atoms. The average Bonchev–Trinajstić information content (AvgIpc) is 3.42. The lowest BCUT2D eigenvalue weighted by Gasteiger charge is -2.36. The van der Waals surface area contributed by atoms with Crippen LogP contribution in [0.2, 0.25) is 0 Å². The van der Waals surface area contributed by atoms with E-state index in [0.717, 1.165) is 24.6 Å². The number of carbonyl (C=O) groups excluding carboxylic acids is 1. The molecule has 1 atom stereocenters. The van der Waals surface area contributed by atoms with Crippen LogP contribution in [0.15, 0.2) is 52.4 Å². The molecule has 3 aromatic rings. The largest absolute Gasteiger partial charge is 0.355 e. The van der Waals surface area contributed by atoms with Gasteiger partial charge >= 0.3 is 0 Å². The lowest BCUT2D eigenvalue weighted by Crippen LogP contribution is -2.41. The van der Waals surface area contributed by atoms with Crippen LogP contribution in [0, 0.1) is 12.8 Å². The normalized spacial score (nSPS) is 16.6. The molecule has 152 valence electrons. The van der Waals surface area contributed by atoms with Crippen LogP contribution in [-0.4, -0.2) is 35.6 Å². The molecule has 1 aromatic carbocycles. The highest BCUT2D eigenvalue weighted by Gasteiger charge is 2.26. The van der Waals surface area contributed by atoms with E-state index in [1.54, 1.807) is 17.4 Å². The molecular formula is C23H27N3O2S.